The van der Waals surface area contributed by atoms with Gasteiger partial charge >= 0.3 is 6.61 Å². The summed E-state index contributed by atoms with van der Waals surface area (Å²) in [6, 6.07) is 6.01. The Kier molecular flexibility index (Phi) is 4.41. The summed E-state index contributed by atoms with van der Waals surface area (Å²) >= 11 is 5.75. The number of hydrogen-bond donors (Lipinski definition) is 1. The SMILES string of the molecule is O=Cc1c(Cl)ncnc1Nc1ccccc1OC(F)F. The van der Waals surface area contributed by atoms with Crippen molar-refractivity contribution in [1.82, 2.24) is 9.97 Å². The van der Waals surface area contributed by atoms with E-state index in [2.05, 4.69) is 20.0 Å². The molecular formula is C12H8ClF2N3O2. The molecule has 0 aliphatic carbocycles. The van der Waals surface area contributed by atoms with Crippen LogP contribution in [0.25, 0.3) is 0 Å². The Balaban J connectivity index is 2.35. The number of aldehydes is 1. The molecule has 0 bridgehead atoms. The highest BCUT2D eigenvalue weighted by Crippen LogP contribution is 2.29. The maximum absolute atomic E-state index is 12.3. The van der Waals surface area contributed by atoms with Crippen molar-refractivity contribution in [1.29, 1.82) is 0 Å². The van der Waals surface area contributed by atoms with Gasteiger partial charge in [-0.2, -0.15) is 8.78 Å². The van der Waals surface area contributed by atoms with Crippen LogP contribution in [-0.4, -0.2) is 22.9 Å². The lowest BCUT2D eigenvalue weighted by molar-refractivity contribution is -0.0493. The Hall–Kier alpha value is -2.28. The van der Waals surface area contributed by atoms with Gasteiger partial charge in [-0.15, -0.1) is 0 Å². The number of rotatable bonds is 5. The number of benzene rings is 1. The van der Waals surface area contributed by atoms with Gasteiger partial charge in [-0.25, -0.2) is 9.97 Å². The summed E-state index contributed by atoms with van der Waals surface area (Å²) in [5.41, 5.74) is 0.256. The van der Waals surface area contributed by atoms with E-state index in [1.54, 1.807) is 6.07 Å². The fourth-order valence-corrected chi connectivity index (χ4v) is 1.65. The number of hydrogen-bond acceptors (Lipinski definition) is 5. The van der Waals surface area contributed by atoms with Crippen LogP contribution in [0.15, 0.2) is 30.6 Å². The third-order valence-corrected chi connectivity index (χ3v) is 2.61. The van der Waals surface area contributed by atoms with E-state index in [0.29, 0.717) is 6.29 Å². The Morgan fingerprint density at radius 3 is 2.75 bits per heavy atom. The molecule has 5 nitrogen and oxygen atoms in total. The standard InChI is InChI=1S/C12H8ClF2N3O2/c13-10-7(5-19)11(17-6-16-10)18-8-3-1-2-4-9(8)20-12(14)15/h1-6,12H,(H,16,17,18). The summed E-state index contributed by atoms with van der Waals surface area (Å²) in [4.78, 5) is 18.4. The molecule has 104 valence electrons. The molecule has 2 aromatic rings. The first-order valence-corrected chi connectivity index (χ1v) is 5.76. The van der Waals surface area contributed by atoms with Gasteiger partial charge in [-0.1, -0.05) is 23.7 Å². The maximum Gasteiger partial charge on any atom is 0.387 e. The lowest BCUT2D eigenvalue weighted by Gasteiger charge is -2.13. The highest BCUT2D eigenvalue weighted by atomic mass is 35.5. The van der Waals surface area contributed by atoms with Crippen LogP contribution in [0.3, 0.4) is 0 Å². The third-order valence-electron chi connectivity index (χ3n) is 2.31. The molecule has 8 heteroatoms. The van der Waals surface area contributed by atoms with Gasteiger partial charge < -0.3 is 10.1 Å². The minimum Gasteiger partial charge on any atom is -0.433 e. The monoisotopic (exact) mass is 299 g/mol. The van der Waals surface area contributed by atoms with Gasteiger partial charge in [0.25, 0.3) is 0 Å². The van der Waals surface area contributed by atoms with E-state index >= 15 is 0 Å². The maximum atomic E-state index is 12.3. The summed E-state index contributed by atoms with van der Waals surface area (Å²) < 4.78 is 29.0. The molecule has 0 saturated carbocycles. The van der Waals surface area contributed by atoms with E-state index in [0.717, 1.165) is 6.33 Å². The van der Waals surface area contributed by atoms with Gasteiger partial charge in [0.1, 0.15) is 23.0 Å². The number of alkyl halides is 2. The lowest BCUT2D eigenvalue weighted by atomic mass is 10.2. The number of para-hydroxylation sites is 2. The topological polar surface area (TPSA) is 64.1 Å². The van der Waals surface area contributed by atoms with Gasteiger partial charge in [0, 0.05) is 0 Å². The zero-order valence-corrected chi connectivity index (χ0v) is 10.6. The fraction of sp³-hybridized carbons (Fsp3) is 0.0833. The predicted molar refractivity (Wildman–Crippen MR) is 68.8 cm³/mol. The van der Waals surface area contributed by atoms with Crippen LogP contribution in [0.2, 0.25) is 5.15 Å². The Morgan fingerprint density at radius 1 is 1.30 bits per heavy atom. The predicted octanol–water partition coefficient (Wildman–Crippen LogP) is 3.29. The fourth-order valence-electron chi connectivity index (χ4n) is 1.47. The van der Waals surface area contributed by atoms with Crippen molar-refractivity contribution in [2.45, 2.75) is 6.61 Å². The Labute approximate surface area is 117 Å². The minimum atomic E-state index is -2.96. The molecule has 1 N–H and O–H groups in total. The summed E-state index contributed by atoms with van der Waals surface area (Å²) in [5, 5.41) is 2.68. The minimum absolute atomic E-state index is 0.0287. The van der Waals surface area contributed by atoms with Crippen molar-refractivity contribution < 1.29 is 18.3 Å². The number of halogens is 3. The zero-order valence-electron chi connectivity index (χ0n) is 9.89. The second kappa shape index (κ2) is 6.25. The number of anilines is 2. The molecule has 1 heterocycles. The molecule has 0 saturated heterocycles. The lowest BCUT2D eigenvalue weighted by Crippen LogP contribution is -2.06. The number of ether oxygens (including phenoxy) is 1. The van der Waals surface area contributed by atoms with E-state index in [4.69, 9.17) is 11.6 Å². The molecule has 0 amide bonds. The molecule has 0 aliphatic rings. The number of aromatic nitrogens is 2. The smallest absolute Gasteiger partial charge is 0.387 e. The van der Waals surface area contributed by atoms with Crippen LogP contribution in [-0.2, 0) is 0 Å². The third kappa shape index (κ3) is 3.18. The number of carbonyl (C=O) groups excluding carboxylic acids is 1. The number of nitrogens with zero attached hydrogens (tertiary/aromatic N) is 2. The second-order valence-electron chi connectivity index (χ2n) is 3.54. The van der Waals surface area contributed by atoms with E-state index in [1.807, 2.05) is 0 Å². The van der Waals surface area contributed by atoms with Gasteiger partial charge in [0.2, 0.25) is 0 Å². The molecule has 20 heavy (non-hydrogen) atoms. The Morgan fingerprint density at radius 2 is 2.05 bits per heavy atom. The highest BCUT2D eigenvalue weighted by Gasteiger charge is 2.13. The highest BCUT2D eigenvalue weighted by molar-refractivity contribution is 6.32. The van der Waals surface area contributed by atoms with Gasteiger partial charge in [-0.05, 0) is 12.1 Å². The molecule has 0 atom stereocenters. The summed E-state index contributed by atoms with van der Waals surface area (Å²) in [5.74, 6) is 0.0272. The summed E-state index contributed by atoms with van der Waals surface area (Å²) in [7, 11) is 0. The van der Waals surface area contributed by atoms with Crippen molar-refractivity contribution in [3.05, 3.63) is 41.3 Å². The first-order chi connectivity index (χ1) is 9.61. The van der Waals surface area contributed by atoms with E-state index in [1.165, 1.54) is 18.2 Å². The van der Waals surface area contributed by atoms with Crippen LogP contribution in [0.5, 0.6) is 5.75 Å². The van der Waals surface area contributed by atoms with Crippen molar-refractivity contribution >= 4 is 29.4 Å². The molecule has 2 rings (SSSR count). The largest absolute Gasteiger partial charge is 0.433 e. The first-order valence-electron chi connectivity index (χ1n) is 5.38. The van der Waals surface area contributed by atoms with Crippen LogP contribution < -0.4 is 10.1 Å². The second-order valence-corrected chi connectivity index (χ2v) is 3.90. The first kappa shape index (κ1) is 14.1. The van der Waals surface area contributed by atoms with Gasteiger partial charge in [-0.3, -0.25) is 4.79 Å². The van der Waals surface area contributed by atoms with Crippen molar-refractivity contribution in [3.63, 3.8) is 0 Å². The van der Waals surface area contributed by atoms with Gasteiger partial charge in [0.15, 0.2) is 6.29 Å². The molecular weight excluding hydrogens is 292 g/mol. The normalized spacial score (nSPS) is 10.4. The Bertz CT molecular complexity index is 625. The zero-order chi connectivity index (χ0) is 14.5. The molecule has 0 spiro atoms. The molecule has 0 unspecified atom stereocenters. The molecule has 0 fully saturated rings. The van der Waals surface area contributed by atoms with Crippen LogP contribution >= 0.6 is 11.6 Å². The van der Waals surface area contributed by atoms with Gasteiger partial charge in [0.05, 0.1) is 11.3 Å². The van der Waals surface area contributed by atoms with Crippen LogP contribution in [0.1, 0.15) is 10.4 Å². The van der Waals surface area contributed by atoms with E-state index in [-0.39, 0.29) is 28.0 Å². The average Bonchev–Trinajstić information content (AvgIpc) is 2.41. The van der Waals surface area contributed by atoms with E-state index < -0.39 is 6.61 Å². The number of carbonyl (C=O) groups is 1. The van der Waals surface area contributed by atoms with Crippen molar-refractivity contribution in [3.8, 4) is 5.75 Å². The quantitative estimate of drug-likeness (QED) is 0.678. The van der Waals surface area contributed by atoms with Crippen molar-refractivity contribution in [2.75, 3.05) is 5.32 Å². The number of nitrogens with one attached hydrogen (secondary N) is 1. The van der Waals surface area contributed by atoms with Crippen LogP contribution in [0, 0.1) is 0 Å². The molecule has 1 aromatic heterocycles. The summed E-state index contributed by atoms with van der Waals surface area (Å²) in [6.45, 7) is -2.96. The van der Waals surface area contributed by atoms with E-state index in [9.17, 15) is 13.6 Å². The molecule has 0 aliphatic heterocycles. The van der Waals surface area contributed by atoms with Crippen LogP contribution in [0.4, 0.5) is 20.3 Å². The summed E-state index contributed by atoms with van der Waals surface area (Å²) in [6.07, 6.45) is 1.62. The average molecular weight is 300 g/mol. The molecule has 1 aromatic carbocycles. The van der Waals surface area contributed by atoms with Crippen molar-refractivity contribution in [2.24, 2.45) is 0 Å². The molecule has 0 radical (unpaired) electrons.